The quantitative estimate of drug-likeness (QED) is 0.844. The summed E-state index contributed by atoms with van der Waals surface area (Å²) in [6.45, 7) is 5.92. The minimum absolute atomic E-state index is 0.0856. The number of anilines is 1. The number of carbonyl (C=O) groups is 1. The van der Waals surface area contributed by atoms with Crippen molar-refractivity contribution in [3.05, 3.63) is 59.2 Å². The fraction of sp³-hybridized carbons (Fsp3) is 0.222. The fourth-order valence-corrected chi connectivity index (χ4v) is 2.28. The Morgan fingerprint density at radius 1 is 1.04 bits per heavy atom. The summed E-state index contributed by atoms with van der Waals surface area (Å²) in [6, 6.07) is 13.5. The van der Waals surface area contributed by atoms with Gasteiger partial charge in [0.05, 0.1) is 0 Å². The minimum Gasteiger partial charge on any atom is -0.484 e. The lowest BCUT2D eigenvalue weighted by atomic mass is 10.1. The molecule has 2 rings (SSSR count). The van der Waals surface area contributed by atoms with E-state index in [4.69, 9.17) is 17.0 Å². The van der Waals surface area contributed by atoms with Crippen molar-refractivity contribution in [3.63, 3.8) is 0 Å². The number of benzene rings is 2. The first-order chi connectivity index (χ1) is 10.9. The van der Waals surface area contributed by atoms with Gasteiger partial charge < -0.3 is 10.1 Å². The van der Waals surface area contributed by atoms with Crippen molar-refractivity contribution < 1.29 is 9.53 Å². The van der Waals surface area contributed by atoms with E-state index in [0.717, 1.165) is 16.8 Å². The van der Waals surface area contributed by atoms with Crippen LogP contribution in [0.1, 0.15) is 16.7 Å². The number of rotatable bonds is 4. The number of aryl methyl sites for hydroxylation is 3. The topological polar surface area (TPSA) is 50.4 Å². The van der Waals surface area contributed by atoms with Gasteiger partial charge >= 0.3 is 0 Å². The Bertz CT molecular complexity index is 711. The third-order valence-corrected chi connectivity index (χ3v) is 3.48. The highest BCUT2D eigenvalue weighted by atomic mass is 32.1. The van der Waals surface area contributed by atoms with Gasteiger partial charge in [0.1, 0.15) is 5.75 Å². The summed E-state index contributed by atoms with van der Waals surface area (Å²) in [5, 5.41) is 5.88. The molecule has 0 fully saturated rings. The van der Waals surface area contributed by atoms with Crippen LogP contribution in [0.4, 0.5) is 5.69 Å². The van der Waals surface area contributed by atoms with Gasteiger partial charge in [0, 0.05) is 5.69 Å². The van der Waals surface area contributed by atoms with E-state index in [1.165, 1.54) is 5.56 Å². The van der Waals surface area contributed by atoms with Gasteiger partial charge in [0.25, 0.3) is 5.91 Å². The van der Waals surface area contributed by atoms with E-state index in [9.17, 15) is 4.79 Å². The molecule has 1 amide bonds. The van der Waals surface area contributed by atoms with E-state index in [2.05, 4.69) is 10.6 Å². The highest BCUT2D eigenvalue weighted by Crippen LogP contribution is 2.15. The van der Waals surface area contributed by atoms with E-state index in [1.54, 1.807) is 0 Å². The Morgan fingerprint density at radius 2 is 1.70 bits per heavy atom. The first-order valence-corrected chi connectivity index (χ1v) is 7.72. The van der Waals surface area contributed by atoms with Crippen molar-refractivity contribution in [2.24, 2.45) is 0 Å². The van der Waals surface area contributed by atoms with E-state index >= 15 is 0 Å². The second-order valence-corrected chi connectivity index (χ2v) is 5.83. The summed E-state index contributed by atoms with van der Waals surface area (Å²) >= 11 is 5.15. The highest BCUT2D eigenvalue weighted by Gasteiger charge is 2.07. The molecule has 0 radical (unpaired) electrons. The Balaban J connectivity index is 1.82. The van der Waals surface area contributed by atoms with Gasteiger partial charge in [-0.15, -0.1) is 0 Å². The molecular formula is C18H20N2O2S. The van der Waals surface area contributed by atoms with Crippen LogP contribution in [0.15, 0.2) is 42.5 Å². The maximum Gasteiger partial charge on any atom is 0.264 e. The molecule has 0 spiro atoms. The van der Waals surface area contributed by atoms with Crippen LogP contribution in [0.3, 0.4) is 0 Å². The second kappa shape index (κ2) is 7.74. The lowest BCUT2D eigenvalue weighted by molar-refractivity contribution is -0.121. The summed E-state index contributed by atoms with van der Waals surface area (Å²) in [5.74, 6) is 0.354. The number of hydrogen-bond acceptors (Lipinski definition) is 3. The number of ether oxygens (including phenoxy) is 1. The normalized spacial score (nSPS) is 10.0. The lowest BCUT2D eigenvalue weighted by Gasteiger charge is -2.12. The summed E-state index contributed by atoms with van der Waals surface area (Å²) < 4.78 is 5.41. The van der Waals surface area contributed by atoms with Gasteiger partial charge in [0.15, 0.2) is 11.7 Å². The summed E-state index contributed by atoms with van der Waals surface area (Å²) in [4.78, 5) is 11.9. The van der Waals surface area contributed by atoms with Crippen LogP contribution < -0.4 is 15.4 Å². The monoisotopic (exact) mass is 328 g/mol. The first kappa shape index (κ1) is 17.0. The Morgan fingerprint density at radius 3 is 2.35 bits per heavy atom. The van der Waals surface area contributed by atoms with Crippen LogP contribution in [-0.2, 0) is 4.79 Å². The number of nitrogens with one attached hydrogen (secondary N) is 2. The molecule has 2 aromatic carbocycles. The average molecular weight is 328 g/mol. The SMILES string of the molecule is Cc1ccc(OCC(=O)NC(=S)Nc2ccc(C)cc2C)cc1. The molecule has 0 saturated carbocycles. The molecule has 0 aliphatic rings. The Labute approximate surface area is 141 Å². The van der Waals surface area contributed by atoms with Crippen molar-refractivity contribution in [1.82, 2.24) is 5.32 Å². The van der Waals surface area contributed by atoms with E-state index in [-0.39, 0.29) is 17.6 Å². The van der Waals surface area contributed by atoms with Crippen LogP contribution in [0.25, 0.3) is 0 Å². The molecule has 2 aromatic rings. The largest absolute Gasteiger partial charge is 0.484 e. The molecule has 120 valence electrons. The number of hydrogen-bond donors (Lipinski definition) is 2. The van der Waals surface area contributed by atoms with Crippen molar-refractivity contribution >= 4 is 28.9 Å². The number of thiocarbonyl (C=S) groups is 1. The van der Waals surface area contributed by atoms with Crippen LogP contribution in [0.5, 0.6) is 5.75 Å². The Kier molecular flexibility index (Phi) is 5.71. The smallest absolute Gasteiger partial charge is 0.264 e. The maximum atomic E-state index is 11.9. The molecule has 0 aliphatic carbocycles. The zero-order valence-corrected chi connectivity index (χ0v) is 14.3. The van der Waals surface area contributed by atoms with Gasteiger partial charge in [-0.3, -0.25) is 10.1 Å². The first-order valence-electron chi connectivity index (χ1n) is 7.31. The minimum atomic E-state index is -0.298. The zero-order valence-electron chi connectivity index (χ0n) is 13.5. The fourth-order valence-electron chi connectivity index (χ4n) is 2.05. The number of amides is 1. The molecule has 5 heteroatoms. The van der Waals surface area contributed by atoms with Crippen molar-refractivity contribution in [1.29, 1.82) is 0 Å². The van der Waals surface area contributed by atoms with Crippen molar-refractivity contribution in [2.75, 3.05) is 11.9 Å². The van der Waals surface area contributed by atoms with Gasteiger partial charge in [-0.25, -0.2) is 0 Å². The Hall–Kier alpha value is -2.40. The van der Waals surface area contributed by atoms with Crippen molar-refractivity contribution in [2.45, 2.75) is 20.8 Å². The summed E-state index contributed by atoms with van der Waals surface area (Å²) in [5.41, 5.74) is 4.26. The maximum absolute atomic E-state index is 11.9. The molecule has 4 nitrogen and oxygen atoms in total. The number of carbonyl (C=O) groups excluding carboxylic acids is 1. The van der Waals surface area contributed by atoms with Crippen LogP contribution in [0, 0.1) is 20.8 Å². The van der Waals surface area contributed by atoms with Gasteiger partial charge in [-0.05, 0) is 56.8 Å². The second-order valence-electron chi connectivity index (χ2n) is 5.42. The highest BCUT2D eigenvalue weighted by molar-refractivity contribution is 7.80. The van der Waals surface area contributed by atoms with Gasteiger partial charge in [-0.1, -0.05) is 35.4 Å². The van der Waals surface area contributed by atoms with Gasteiger partial charge in [0.2, 0.25) is 0 Å². The van der Waals surface area contributed by atoms with Crippen LogP contribution >= 0.6 is 12.2 Å². The third kappa shape index (κ3) is 5.38. The van der Waals surface area contributed by atoms with Gasteiger partial charge in [-0.2, -0.15) is 0 Å². The zero-order chi connectivity index (χ0) is 16.8. The van der Waals surface area contributed by atoms with E-state index < -0.39 is 0 Å². The van der Waals surface area contributed by atoms with E-state index in [1.807, 2.05) is 63.2 Å². The van der Waals surface area contributed by atoms with Crippen molar-refractivity contribution in [3.8, 4) is 5.75 Å². The van der Waals surface area contributed by atoms with Crippen LogP contribution in [-0.4, -0.2) is 17.6 Å². The molecule has 2 N–H and O–H groups in total. The molecule has 0 unspecified atom stereocenters. The average Bonchev–Trinajstić information content (AvgIpc) is 2.49. The molecule has 0 atom stereocenters. The molecule has 0 bridgehead atoms. The summed E-state index contributed by atoms with van der Waals surface area (Å²) in [7, 11) is 0. The predicted octanol–water partition coefficient (Wildman–Crippen LogP) is 3.50. The molecular weight excluding hydrogens is 308 g/mol. The third-order valence-electron chi connectivity index (χ3n) is 3.27. The lowest BCUT2D eigenvalue weighted by Crippen LogP contribution is -2.37. The molecule has 0 aromatic heterocycles. The molecule has 0 heterocycles. The molecule has 0 aliphatic heterocycles. The van der Waals surface area contributed by atoms with Crippen LogP contribution in [0.2, 0.25) is 0 Å². The molecule has 23 heavy (non-hydrogen) atoms. The standard InChI is InChI=1S/C18H20N2O2S/c1-12-4-7-15(8-5-12)22-11-17(21)20-18(23)19-16-9-6-13(2)10-14(16)3/h4-10H,11H2,1-3H3,(H2,19,20,21,23). The van der Waals surface area contributed by atoms with E-state index in [0.29, 0.717) is 5.75 Å². The summed E-state index contributed by atoms with van der Waals surface area (Å²) in [6.07, 6.45) is 0. The molecule has 0 saturated heterocycles. The predicted molar refractivity (Wildman–Crippen MR) is 97.0 cm³/mol.